The Morgan fingerprint density at radius 3 is 2.42 bits per heavy atom. The van der Waals surface area contributed by atoms with Crippen molar-refractivity contribution < 1.29 is 22.7 Å². The summed E-state index contributed by atoms with van der Waals surface area (Å²) in [5.74, 6) is 1.67. The Morgan fingerprint density at radius 1 is 1.02 bits per heavy atom. The van der Waals surface area contributed by atoms with Gasteiger partial charge in [-0.3, -0.25) is 4.74 Å². The number of halogens is 3. The summed E-state index contributed by atoms with van der Waals surface area (Å²) in [6.45, 7) is 7.14. The molecule has 2 heterocycles. The second-order valence-corrected chi connectivity index (χ2v) is 13.5. The van der Waals surface area contributed by atoms with Gasteiger partial charge in [0.15, 0.2) is 11.0 Å². The van der Waals surface area contributed by atoms with Crippen molar-refractivity contribution in [2.24, 2.45) is 4.99 Å². The zero-order valence-electron chi connectivity index (χ0n) is 25.8. The van der Waals surface area contributed by atoms with Crippen molar-refractivity contribution >= 4 is 28.6 Å². The summed E-state index contributed by atoms with van der Waals surface area (Å²) in [4.78, 5) is 24.3. The first-order chi connectivity index (χ1) is 21.5. The molecule has 1 saturated heterocycles. The van der Waals surface area contributed by atoms with E-state index >= 15 is 0 Å². The Bertz CT molecular complexity index is 1530. The largest absolute Gasteiger partial charge is 0.522 e. The number of amides is 2. The number of thioether (sulfide) groups is 1. The fraction of sp³-hybridized carbons (Fsp3) is 0.515. The summed E-state index contributed by atoms with van der Waals surface area (Å²) in [6.07, 6.45) is 0.973. The van der Waals surface area contributed by atoms with Crippen molar-refractivity contribution in [2.75, 3.05) is 17.2 Å². The molecule has 2 aliphatic carbocycles. The Hall–Kier alpha value is -3.38. The minimum Gasteiger partial charge on any atom is -0.333 e. The molecule has 3 aliphatic rings. The molecule has 2 saturated carbocycles. The standard InChI is InChI=1S/C33H39F3N6O2S/c1-20-17-21(2)29(22(3)18-20)41-15-16-45-32(41)39-31(43)38-28-6-4-5-27(28)23-7-9-24(10-8-23)30-37-19-42(40-30)25-11-13-26(14-12-25)44-33(34,35)36/h7-10,17-19,25-28H,4-6,11-16H2,1-3H3,(H,38,43)/b39-32-. The van der Waals surface area contributed by atoms with Crippen molar-refractivity contribution in [3.8, 4) is 11.4 Å². The van der Waals surface area contributed by atoms with E-state index in [1.165, 1.54) is 16.7 Å². The number of nitrogens with zero attached hydrogens (tertiary/aromatic N) is 5. The minimum absolute atomic E-state index is 0.00388. The van der Waals surface area contributed by atoms with Gasteiger partial charge in [-0.05, 0) is 76.0 Å². The third-order valence-electron chi connectivity index (χ3n) is 9.13. The molecule has 3 aromatic rings. The van der Waals surface area contributed by atoms with Crippen LogP contribution in [0.15, 0.2) is 47.7 Å². The molecule has 0 spiro atoms. The van der Waals surface area contributed by atoms with Crippen LogP contribution in [-0.2, 0) is 4.74 Å². The fourth-order valence-corrected chi connectivity index (χ4v) is 8.13. The summed E-state index contributed by atoms with van der Waals surface area (Å²) in [5.41, 5.74) is 6.76. The van der Waals surface area contributed by atoms with Crippen LogP contribution in [0.25, 0.3) is 11.4 Å². The molecule has 2 unspecified atom stereocenters. The summed E-state index contributed by atoms with van der Waals surface area (Å²) in [6, 6.07) is 12.2. The lowest BCUT2D eigenvalue weighted by Gasteiger charge is -2.28. The lowest BCUT2D eigenvalue weighted by Crippen LogP contribution is -2.36. The van der Waals surface area contributed by atoms with Gasteiger partial charge in [0.1, 0.15) is 6.33 Å². The normalized spacial score (nSPS) is 24.8. The van der Waals surface area contributed by atoms with Crippen LogP contribution in [-0.4, -0.2) is 56.8 Å². The van der Waals surface area contributed by atoms with E-state index in [4.69, 9.17) is 0 Å². The quantitative estimate of drug-likeness (QED) is 0.296. The van der Waals surface area contributed by atoms with Gasteiger partial charge in [-0.15, -0.1) is 13.2 Å². The highest BCUT2D eigenvalue weighted by molar-refractivity contribution is 8.14. The van der Waals surface area contributed by atoms with Crippen molar-refractivity contribution in [3.05, 3.63) is 65.0 Å². The third-order valence-corrected chi connectivity index (χ3v) is 10.1. The SMILES string of the molecule is Cc1cc(C)c(N2CCS/C2=N\C(=O)NC2CCCC2c2ccc(-c3ncn(C4CCC(OC(F)(F)F)CC4)n3)cc2)c(C)c1. The number of carbonyl (C=O) groups is 1. The van der Waals surface area contributed by atoms with Gasteiger partial charge in [0.2, 0.25) is 0 Å². The Kier molecular flexibility index (Phi) is 9.24. The maximum absolute atomic E-state index is 13.2. The lowest BCUT2D eigenvalue weighted by molar-refractivity contribution is -0.345. The second kappa shape index (κ2) is 13.2. The molecule has 6 rings (SSSR count). The number of hydrogen-bond donors (Lipinski definition) is 1. The molecule has 240 valence electrons. The molecule has 1 aromatic heterocycles. The van der Waals surface area contributed by atoms with Crippen LogP contribution in [0, 0.1) is 20.8 Å². The van der Waals surface area contributed by atoms with E-state index in [1.807, 2.05) is 12.1 Å². The first-order valence-electron chi connectivity index (χ1n) is 15.7. The number of alkyl halides is 3. The zero-order valence-corrected chi connectivity index (χ0v) is 26.6. The minimum atomic E-state index is -4.60. The van der Waals surface area contributed by atoms with E-state index in [0.717, 1.165) is 53.5 Å². The molecule has 8 nitrogen and oxygen atoms in total. The van der Waals surface area contributed by atoms with E-state index in [2.05, 4.69) is 75.1 Å². The number of benzene rings is 2. The van der Waals surface area contributed by atoms with Gasteiger partial charge in [-0.1, -0.05) is 60.1 Å². The van der Waals surface area contributed by atoms with Crippen molar-refractivity contribution in [1.82, 2.24) is 20.1 Å². The molecule has 45 heavy (non-hydrogen) atoms. The van der Waals surface area contributed by atoms with Crippen LogP contribution in [0.4, 0.5) is 23.7 Å². The number of rotatable bonds is 6. The summed E-state index contributed by atoms with van der Waals surface area (Å²) >= 11 is 1.62. The highest BCUT2D eigenvalue weighted by Crippen LogP contribution is 2.37. The fourth-order valence-electron chi connectivity index (χ4n) is 7.19. The Labute approximate surface area is 265 Å². The number of aliphatic imine (C=N–C) groups is 1. The number of carbonyl (C=O) groups excluding carboxylic acids is 1. The van der Waals surface area contributed by atoms with E-state index in [9.17, 15) is 18.0 Å². The monoisotopic (exact) mass is 640 g/mol. The van der Waals surface area contributed by atoms with Gasteiger partial charge in [-0.25, -0.2) is 14.5 Å². The first-order valence-corrected chi connectivity index (χ1v) is 16.7. The van der Waals surface area contributed by atoms with Gasteiger partial charge in [-0.2, -0.15) is 10.1 Å². The molecule has 1 aliphatic heterocycles. The maximum atomic E-state index is 13.2. The van der Waals surface area contributed by atoms with Crippen molar-refractivity contribution in [1.29, 1.82) is 0 Å². The summed E-state index contributed by atoms with van der Waals surface area (Å²) in [7, 11) is 0. The molecule has 0 bridgehead atoms. The van der Waals surface area contributed by atoms with Crippen LogP contribution in [0.5, 0.6) is 0 Å². The number of urea groups is 1. The third kappa shape index (κ3) is 7.38. The predicted molar refractivity (Wildman–Crippen MR) is 171 cm³/mol. The van der Waals surface area contributed by atoms with Crippen molar-refractivity contribution in [2.45, 2.75) is 96.2 Å². The Morgan fingerprint density at radius 2 is 1.73 bits per heavy atom. The molecular weight excluding hydrogens is 601 g/mol. The molecule has 2 amide bonds. The summed E-state index contributed by atoms with van der Waals surface area (Å²) < 4.78 is 43.6. The second-order valence-electron chi connectivity index (χ2n) is 12.4. The van der Waals surface area contributed by atoms with Crippen LogP contribution >= 0.6 is 11.8 Å². The van der Waals surface area contributed by atoms with E-state index in [-0.39, 0.29) is 24.0 Å². The number of ether oxygens (including phenoxy) is 1. The maximum Gasteiger partial charge on any atom is 0.522 e. The van der Waals surface area contributed by atoms with Crippen molar-refractivity contribution in [3.63, 3.8) is 0 Å². The highest BCUT2D eigenvalue weighted by Gasteiger charge is 2.36. The number of anilines is 1. The van der Waals surface area contributed by atoms with E-state index in [0.29, 0.717) is 31.5 Å². The number of aromatic nitrogens is 3. The number of nitrogens with one attached hydrogen (secondary N) is 1. The average Bonchev–Trinajstić information content (AvgIpc) is 3.75. The molecule has 0 radical (unpaired) electrons. The zero-order chi connectivity index (χ0) is 31.7. The van der Waals surface area contributed by atoms with E-state index < -0.39 is 12.5 Å². The summed E-state index contributed by atoms with van der Waals surface area (Å²) in [5, 5.41) is 8.59. The van der Waals surface area contributed by atoms with E-state index in [1.54, 1.807) is 22.8 Å². The number of hydrogen-bond acceptors (Lipinski definition) is 5. The van der Waals surface area contributed by atoms with Gasteiger partial charge in [0.25, 0.3) is 0 Å². The molecule has 2 aromatic carbocycles. The van der Waals surface area contributed by atoms with Gasteiger partial charge in [0, 0.05) is 35.5 Å². The lowest BCUT2D eigenvalue weighted by atomic mass is 9.93. The Balaban J connectivity index is 1.07. The molecule has 2 atom stereocenters. The predicted octanol–water partition coefficient (Wildman–Crippen LogP) is 7.85. The molecule has 1 N–H and O–H groups in total. The topological polar surface area (TPSA) is 84.6 Å². The highest BCUT2D eigenvalue weighted by atomic mass is 32.2. The molecule has 3 fully saturated rings. The number of amidine groups is 1. The van der Waals surface area contributed by atoms with Crippen LogP contribution in [0.3, 0.4) is 0 Å². The van der Waals surface area contributed by atoms with Crippen LogP contribution in [0.2, 0.25) is 0 Å². The van der Waals surface area contributed by atoms with Gasteiger partial charge < -0.3 is 10.2 Å². The smallest absolute Gasteiger partial charge is 0.333 e. The molecule has 12 heteroatoms. The average molecular weight is 641 g/mol. The van der Waals surface area contributed by atoms with Gasteiger partial charge >= 0.3 is 12.4 Å². The van der Waals surface area contributed by atoms with Gasteiger partial charge in [0.05, 0.1) is 12.1 Å². The first kappa shape index (κ1) is 31.6. The van der Waals surface area contributed by atoms with Crippen LogP contribution < -0.4 is 10.2 Å². The number of aryl methyl sites for hydroxylation is 3. The molecular formula is C33H39F3N6O2S. The van der Waals surface area contributed by atoms with Crippen LogP contribution in [0.1, 0.15) is 79.2 Å².